The van der Waals surface area contributed by atoms with Crippen LogP contribution in [0.25, 0.3) is 10.4 Å². The van der Waals surface area contributed by atoms with Crippen molar-refractivity contribution in [3.63, 3.8) is 0 Å². The summed E-state index contributed by atoms with van der Waals surface area (Å²) in [5.41, 5.74) is 1.70. The molecule has 0 radical (unpaired) electrons. The van der Waals surface area contributed by atoms with E-state index in [0.717, 1.165) is 11.8 Å². The zero-order chi connectivity index (χ0) is 18.3. The first kappa shape index (κ1) is 18.1. The van der Waals surface area contributed by atoms with Gasteiger partial charge in [0.05, 0.1) is 6.10 Å². The second-order valence-corrected chi connectivity index (χ2v) is 10.00. The predicted molar refractivity (Wildman–Crippen MR) is 111 cm³/mol. The molecule has 1 saturated carbocycles. The Hall–Kier alpha value is -1.32. The van der Waals surface area contributed by atoms with Crippen molar-refractivity contribution in [1.82, 2.24) is 4.90 Å². The Morgan fingerprint density at radius 3 is 2.54 bits per heavy atom. The topological polar surface area (TPSA) is 12.5 Å². The van der Waals surface area contributed by atoms with Crippen LogP contribution in [0.15, 0.2) is 36.4 Å². The Labute approximate surface area is 162 Å². The molecule has 2 fully saturated rings. The van der Waals surface area contributed by atoms with Gasteiger partial charge in [-0.3, -0.25) is 4.90 Å². The number of fused-ring (bicyclic) bond motifs is 1. The molecule has 2 aliphatic rings. The fraction of sp³-hybridized carbons (Fsp3) is 0.565. The summed E-state index contributed by atoms with van der Waals surface area (Å²) in [4.78, 5) is 5.41. The number of ether oxygens (including phenoxy) is 1. The fourth-order valence-corrected chi connectivity index (χ4v) is 5.90. The number of aryl methyl sites for hydroxylation is 1. The highest BCUT2D eigenvalue weighted by Gasteiger charge is 2.48. The lowest BCUT2D eigenvalue weighted by Gasteiger charge is -2.43. The molecule has 1 aromatic carbocycles. The van der Waals surface area contributed by atoms with Crippen molar-refractivity contribution in [2.45, 2.75) is 71.6 Å². The van der Waals surface area contributed by atoms with E-state index >= 15 is 0 Å². The largest absolute Gasteiger partial charge is 0.490 e. The van der Waals surface area contributed by atoms with Crippen LogP contribution in [0.4, 0.5) is 0 Å². The molecule has 0 spiro atoms. The molecule has 2 nitrogen and oxygen atoms in total. The monoisotopic (exact) mass is 369 g/mol. The Kier molecular flexibility index (Phi) is 4.87. The summed E-state index contributed by atoms with van der Waals surface area (Å²) in [7, 11) is 0. The maximum absolute atomic E-state index is 6.41. The van der Waals surface area contributed by atoms with Gasteiger partial charge in [-0.1, -0.05) is 6.92 Å². The molecule has 2 aromatic rings. The summed E-state index contributed by atoms with van der Waals surface area (Å²) in [5, 5.41) is 0. The number of likely N-dealkylation sites (tertiary alicyclic amines) is 1. The minimum absolute atomic E-state index is 0.359. The summed E-state index contributed by atoms with van der Waals surface area (Å²) >= 11 is 1.85. The average Bonchev–Trinajstić information content (AvgIpc) is 3.18. The predicted octanol–water partition coefficient (Wildman–Crippen LogP) is 6.14. The van der Waals surface area contributed by atoms with Crippen molar-refractivity contribution in [1.29, 1.82) is 0 Å². The molecule has 4 rings (SSSR count). The van der Waals surface area contributed by atoms with Gasteiger partial charge >= 0.3 is 0 Å². The highest BCUT2D eigenvalue weighted by molar-refractivity contribution is 7.15. The van der Waals surface area contributed by atoms with Crippen LogP contribution in [-0.4, -0.2) is 29.6 Å². The fourth-order valence-electron chi connectivity index (χ4n) is 5.02. The lowest BCUT2D eigenvalue weighted by Crippen LogP contribution is -2.47. The first-order chi connectivity index (χ1) is 12.4. The number of benzene rings is 1. The Balaban J connectivity index is 1.41. The molecule has 3 heteroatoms. The number of rotatable bonds is 4. The number of hydrogen-bond donors (Lipinski definition) is 0. The van der Waals surface area contributed by atoms with Gasteiger partial charge < -0.3 is 4.74 Å². The molecule has 2 heterocycles. The second-order valence-electron chi connectivity index (χ2n) is 8.71. The number of nitrogens with zero attached hydrogens (tertiary/aromatic N) is 1. The third-order valence-corrected chi connectivity index (χ3v) is 7.50. The lowest BCUT2D eigenvalue weighted by atomic mass is 9.70. The zero-order valence-corrected chi connectivity index (χ0v) is 17.3. The third-order valence-electron chi connectivity index (χ3n) is 6.45. The summed E-state index contributed by atoms with van der Waals surface area (Å²) in [6, 6.07) is 14.5. The molecule has 1 saturated heterocycles. The van der Waals surface area contributed by atoms with Gasteiger partial charge in [0, 0.05) is 21.8 Å². The van der Waals surface area contributed by atoms with Crippen LogP contribution in [0.2, 0.25) is 0 Å². The summed E-state index contributed by atoms with van der Waals surface area (Å²) in [6.45, 7) is 10.6. The van der Waals surface area contributed by atoms with Crippen LogP contribution >= 0.6 is 11.3 Å². The van der Waals surface area contributed by atoms with Gasteiger partial charge in [-0.2, -0.15) is 0 Å². The van der Waals surface area contributed by atoms with Crippen molar-refractivity contribution in [2.75, 3.05) is 6.54 Å². The van der Waals surface area contributed by atoms with Crippen LogP contribution < -0.4 is 4.74 Å². The molecular weight excluding hydrogens is 338 g/mol. The molecule has 3 unspecified atom stereocenters. The first-order valence-electron chi connectivity index (χ1n) is 10.0. The van der Waals surface area contributed by atoms with Crippen molar-refractivity contribution in [3.05, 3.63) is 41.3 Å². The van der Waals surface area contributed by atoms with E-state index in [9.17, 15) is 0 Å². The normalized spacial score (nSPS) is 29.1. The average molecular weight is 370 g/mol. The van der Waals surface area contributed by atoms with Gasteiger partial charge in [0.1, 0.15) is 5.75 Å². The standard InChI is InChI=1S/C23H31NOS/c1-16(2)24-14-13-23(4)15-20(10-12-22(23)24)25-19-8-6-18(7-9-19)21-11-5-17(3)26-21/h5-9,11,16,20,22H,10,12-15H2,1-4H3. The van der Waals surface area contributed by atoms with Crippen LogP contribution in [0.5, 0.6) is 5.75 Å². The maximum atomic E-state index is 6.41. The quantitative estimate of drug-likeness (QED) is 0.641. The van der Waals surface area contributed by atoms with Crippen molar-refractivity contribution in [2.24, 2.45) is 5.41 Å². The van der Waals surface area contributed by atoms with Crippen molar-refractivity contribution < 1.29 is 4.74 Å². The minimum atomic E-state index is 0.359. The molecule has 0 amide bonds. The van der Waals surface area contributed by atoms with E-state index in [1.165, 1.54) is 47.5 Å². The van der Waals surface area contributed by atoms with Gasteiger partial charge in [-0.25, -0.2) is 0 Å². The number of thiophene rings is 1. The first-order valence-corrected chi connectivity index (χ1v) is 10.9. The molecule has 140 valence electrons. The highest BCUT2D eigenvalue weighted by atomic mass is 32.1. The van der Waals surface area contributed by atoms with Crippen LogP contribution in [0, 0.1) is 12.3 Å². The lowest BCUT2D eigenvalue weighted by molar-refractivity contribution is 0.0274. The van der Waals surface area contributed by atoms with E-state index in [1.807, 2.05) is 11.3 Å². The van der Waals surface area contributed by atoms with E-state index in [1.54, 1.807) is 0 Å². The Morgan fingerprint density at radius 2 is 1.88 bits per heavy atom. The van der Waals surface area contributed by atoms with Crippen LogP contribution in [0.1, 0.15) is 51.3 Å². The molecule has 1 aliphatic carbocycles. The Morgan fingerprint density at radius 1 is 1.12 bits per heavy atom. The molecule has 0 bridgehead atoms. The zero-order valence-electron chi connectivity index (χ0n) is 16.5. The van der Waals surface area contributed by atoms with Crippen LogP contribution in [-0.2, 0) is 0 Å². The second kappa shape index (κ2) is 7.01. The van der Waals surface area contributed by atoms with E-state index in [4.69, 9.17) is 4.74 Å². The van der Waals surface area contributed by atoms with E-state index in [-0.39, 0.29) is 0 Å². The van der Waals surface area contributed by atoms with Gasteiger partial charge in [-0.05, 0) is 100 Å². The van der Waals surface area contributed by atoms with E-state index in [2.05, 4.69) is 69.0 Å². The minimum Gasteiger partial charge on any atom is -0.490 e. The van der Waals surface area contributed by atoms with Gasteiger partial charge in [-0.15, -0.1) is 11.3 Å². The van der Waals surface area contributed by atoms with E-state index < -0.39 is 0 Å². The van der Waals surface area contributed by atoms with Crippen molar-refractivity contribution in [3.8, 4) is 16.2 Å². The molecule has 3 atom stereocenters. The molecule has 1 aliphatic heterocycles. The number of hydrogen-bond acceptors (Lipinski definition) is 3. The molecule has 0 N–H and O–H groups in total. The highest BCUT2D eigenvalue weighted by Crippen LogP contribution is 2.48. The van der Waals surface area contributed by atoms with Gasteiger partial charge in [0.15, 0.2) is 0 Å². The van der Waals surface area contributed by atoms with Gasteiger partial charge in [0.2, 0.25) is 0 Å². The van der Waals surface area contributed by atoms with Gasteiger partial charge in [0.25, 0.3) is 0 Å². The molecule has 1 aromatic heterocycles. The SMILES string of the molecule is Cc1ccc(-c2ccc(OC3CCC4N(C(C)C)CCC4(C)C3)cc2)s1. The Bertz CT molecular complexity index is 750. The maximum Gasteiger partial charge on any atom is 0.119 e. The van der Waals surface area contributed by atoms with Crippen LogP contribution in [0.3, 0.4) is 0 Å². The van der Waals surface area contributed by atoms with E-state index in [0.29, 0.717) is 17.6 Å². The summed E-state index contributed by atoms with van der Waals surface area (Å²) in [6.07, 6.45) is 5.30. The smallest absolute Gasteiger partial charge is 0.119 e. The summed E-state index contributed by atoms with van der Waals surface area (Å²) in [5.74, 6) is 1.02. The molecule has 26 heavy (non-hydrogen) atoms. The third kappa shape index (κ3) is 3.44. The summed E-state index contributed by atoms with van der Waals surface area (Å²) < 4.78 is 6.41. The molecular formula is C23H31NOS. The van der Waals surface area contributed by atoms with Crippen molar-refractivity contribution >= 4 is 11.3 Å².